The van der Waals surface area contributed by atoms with Crippen molar-refractivity contribution in [2.24, 2.45) is 0 Å². The average molecular weight is 229 g/mol. The number of rotatable bonds is 2. The first-order valence-electron chi connectivity index (χ1n) is 5.38. The summed E-state index contributed by atoms with van der Waals surface area (Å²) in [5.74, 6) is 2.55. The van der Waals surface area contributed by atoms with Crippen molar-refractivity contribution < 1.29 is 13.6 Å². The van der Waals surface area contributed by atoms with E-state index in [0.717, 1.165) is 6.42 Å². The Morgan fingerprint density at radius 3 is 3.00 bits per heavy atom. The molecular weight excluding hydrogens is 218 g/mol. The number of allylic oxidation sites excluding steroid dienone is 2. The fourth-order valence-corrected chi connectivity index (χ4v) is 1.72. The monoisotopic (exact) mass is 229 g/mol. The number of aryl methyl sites for hydroxylation is 1. The van der Waals surface area contributed by atoms with Gasteiger partial charge in [0.15, 0.2) is 23.1 Å². The molecule has 0 atom stereocenters. The predicted molar refractivity (Wildman–Crippen MR) is 61.8 cm³/mol. The van der Waals surface area contributed by atoms with Crippen molar-refractivity contribution in [1.29, 1.82) is 0 Å². The summed E-state index contributed by atoms with van der Waals surface area (Å²) >= 11 is 0. The van der Waals surface area contributed by atoms with Gasteiger partial charge in [-0.25, -0.2) is 4.98 Å². The van der Waals surface area contributed by atoms with Gasteiger partial charge >= 0.3 is 0 Å². The first-order valence-corrected chi connectivity index (χ1v) is 5.38. The summed E-state index contributed by atoms with van der Waals surface area (Å²) in [6, 6.07) is 3.65. The molecule has 86 valence electrons. The third kappa shape index (κ3) is 1.78. The number of furan rings is 1. The first kappa shape index (κ1) is 9.96. The first-order chi connectivity index (χ1) is 8.34. The second kappa shape index (κ2) is 3.97. The Bertz CT molecular complexity index is 576. The van der Waals surface area contributed by atoms with Gasteiger partial charge in [0, 0.05) is 6.92 Å². The fraction of sp³-hybridized carbons (Fsp3) is 0.154. The van der Waals surface area contributed by atoms with Crippen molar-refractivity contribution in [2.75, 3.05) is 0 Å². The predicted octanol–water partition coefficient (Wildman–Crippen LogP) is 3.52. The Morgan fingerprint density at radius 2 is 2.29 bits per heavy atom. The van der Waals surface area contributed by atoms with Gasteiger partial charge in [0.05, 0.1) is 12.5 Å². The molecule has 1 aliphatic rings. The average Bonchev–Trinajstić information content (AvgIpc) is 2.98. The highest BCUT2D eigenvalue weighted by Gasteiger charge is 2.20. The van der Waals surface area contributed by atoms with Crippen LogP contribution < -0.4 is 0 Å². The molecular formula is C13H11NO3. The topological polar surface area (TPSA) is 48.4 Å². The van der Waals surface area contributed by atoms with Gasteiger partial charge in [0.25, 0.3) is 0 Å². The molecule has 0 saturated carbocycles. The van der Waals surface area contributed by atoms with E-state index in [1.165, 1.54) is 0 Å². The van der Waals surface area contributed by atoms with E-state index in [9.17, 15) is 0 Å². The quantitative estimate of drug-likeness (QED) is 0.790. The molecule has 0 spiro atoms. The Balaban J connectivity index is 2.08. The maximum Gasteiger partial charge on any atom is 0.201 e. The number of hydrogen-bond donors (Lipinski definition) is 0. The van der Waals surface area contributed by atoms with Crippen molar-refractivity contribution in [3.63, 3.8) is 0 Å². The van der Waals surface area contributed by atoms with E-state index in [4.69, 9.17) is 13.6 Å². The zero-order valence-electron chi connectivity index (χ0n) is 9.34. The third-order valence-electron chi connectivity index (χ3n) is 2.44. The van der Waals surface area contributed by atoms with Crippen LogP contribution in [0.5, 0.6) is 0 Å². The van der Waals surface area contributed by atoms with Crippen molar-refractivity contribution in [3.05, 3.63) is 48.4 Å². The molecule has 0 bridgehead atoms. The Hall–Kier alpha value is -2.23. The van der Waals surface area contributed by atoms with Crippen molar-refractivity contribution >= 4 is 5.76 Å². The lowest BCUT2D eigenvalue weighted by molar-refractivity contribution is 0.425. The van der Waals surface area contributed by atoms with Crippen molar-refractivity contribution in [1.82, 2.24) is 4.98 Å². The fourth-order valence-electron chi connectivity index (χ4n) is 1.72. The van der Waals surface area contributed by atoms with Gasteiger partial charge in [-0.1, -0.05) is 0 Å². The molecule has 0 N–H and O–H groups in total. The molecule has 0 radical (unpaired) electrons. The lowest BCUT2D eigenvalue weighted by atomic mass is 10.2. The Morgan fingerprint density at radius 1 is 1.35 bits per heavy atom. The molecule has 0 unspecified atom stereocenters. The molecule has 1 aliphatic heterocycles. The van der Waals surface area contributed by atoms with Gasteiger partial charge < -0.3 is 13.6 Å². The number of aromatic nitrogens is 1. The Labute approximate surface area is 98.2 Å². The molecule has 2 aromatic heterocycles. The molecule has 0 amide bonds. The van der Waals surface area contributed by atoms with Crippen molar-refractivity contribution in [3.8, 4) is 11.5 Å². The minimum absolute atomic E-state index is 0.588. The summed E-state index contributed by atoms with van der Waals surface area (Å²) in [5, 5.41) is 0. The molecule has 3 heterocycles. The summed E-state index contributed by atoms with van der Waals surface area (Å²) in [6.07, 6.45) is 7.99. The van der Waals surface area contributed by atoms with Crippen LogP contribution in [-0.2, 0) is 4.74 Å². The highest BCUT2D eigenvalue weighted by atomic mass is 16.5. The van der Waals surface area contributed by atoms with E-state index in [0.29, 0.717) is 28.9 Å². The van der Waals surface area contributed by atoms with E-state index in [1.807, 2.05) is 24.3 Å². The van der Waals surface area contributed by atoms with Crippen LogP contribution in [0.1, 0.15) is 18.0 Å². The van der Waals surface area contributed by atoms with Gasteiger partial charge in [0.1, 0.15) is 0 Å². The highest BCUT2D eigenvalue weighted by molar-refractivity contribution is 5.70. The number of ether oxygens (including phenoxy) is 1. The number of nitrogens with zero attached hydrogens (tertiary/aromatic N) is 1. The number of oxazole rings is 1. The summed E-state index contributed by atoms with van der Waals surface area (Å²) in [7, 11) is 0. The second-order valence-corrected chi connectivity index (χ2v) is 3.68. The van der Waals surface area contributed by atoms with Crippen LogP contribution in [0.2, 0.25) is 0 Å². The van der Waals surface area contributed by atoms with Gasteiger partial charge in [-0.05, 0) is 30.7 Å². The summed E-state index contributed by atoms with van der Waals surface area (Å²) in [5.41, 5.74) is 0.682. The standard InChI is InChI=1S/C13H11NO3/c1-9-14-12(10-5-2-3-7-15-10)13(17-9)11-6-4-8-16-11/h3-8H,2H2,1H3. The van der Waals surface area contributed by atoms with E-state index < -0.39 is 0 Å². The molecule has 17 heavy (non-hydrogen) atoms. The summed E-state index contributed by atoms with van der Waals surface area (Å²) in [6.45, 7) is 1.80. The van der Waals surface area contributed by atoms with Crippen LogP contribution in [0, 0.1) is 6.92 Å². The maximum absolute atomic E-state index is 5.56. The molecule has 3 rings (SSSR count). The lowest BCUT2D eigenvalue weighted by Crippen LogP contribution is -1.92. The van der Waals surface area contributed by atoms with Crippen LogP contribution >= 0.6 is 0 Å². The van der Waals surface area contributed by atoms with E-state index >= 15 is 0 Å². The Kier molecular flexibility index (Phi) is 2.33. The van der Waals surface area contributed by atoms with Gasteiger partial charge in [-0.2, -0.15) is 0 Å². The summed E-state index contributed by atoms with van der Waals surface area (Å²) < 4.78 is 16.3. The smallest absolute Gasteiger partial charge is 0.201 e. The van der Waals surface area contributed by atoms with E-state index in [-0.39, 0.29) is 0 Å². The zero-order valence-corrected chi connectivity index (χ0v) is 9.34. The van der Waals surface area contributed by atoms with Crippen LogP contribution in [0.25, 0.3) is 17.3 Å². The second-order valence-electron chi connectivity index (χ2n) is 3.68. The SMILES string of the molecule is Cc1nc(C2=CCC=CO2)c(-c2ccco2)o1. The highest BCUT2D eigenvalue weighted by Crippen LogP contribution is 2.31. The van der Waals surface area contributed by atoms with Crippen LogP contribution in [0.3, 0.4) is 0 Å². The summed E-state index contributed by atoms with van der Waals surface area (Å²) in [4.78, 5) is 4.34. The molecule has 0 fully saturated rings. The minimum atomic E-state index is 0.588. The van der Waals surface area contributed by atoms with Gasteiger partial charge in [0.2, 0.25) is 5.76 Å². The maximum atomic E-state index is 5.56. The lowest BCUT2D eigenvalue weighted by Gasteiger charge is -2.07. The van der Waals surface area contributed by atoms with Crippen LogP contribution in [0.4, 0.5) is 0 Å². The van der Waals surface area contributed by atoms with E-state index in [2.05, 4.69) is 4.98 Å². The van der Waals surface area contributed by atoms with Gasteiger partial charge in [-0.15, -0.1) is 0 Å². The van der Waals surface area contributed by atoms with Crippen molar-refractivity contribution in [2.45, 2.75) is 13.3 Å². The molecule has 0 saturated heterocycles. The number of hydrogen-bond acceptors (Lipinski definition) is 4. The molecule has 0 aliphatic carbocycles. The molecule has 0 aromatic carbocycles. The molecule has 4 nitrogen and oxygen atoms in total. The molecule has 4 heteroatoms. The normalized spacial score (nSPS) is 14.5. The zero-order chi connectivity index (χ0) is 11.7. The van der Waals surface area contributed by atoms with E-state index in [1.54, 1.807) is 19.4 Å². The van der Waals surface area contributed by atoms with Gasteiger partial charge in [-0.3, -0.25) is 0 Å². The largest absolute Gasteiger partial charge is 0.463 e. The molecule has 2 aromatic rings. The van der Waals surface area contributed by atoms with Crippen LogP contribution in [-0.4, -0.2) is 4.98 Å². The third-order valence-corrected chi connectivity index (χ3v) is 2.44. The minimum Gasteiger partial charge on any atom is -0.463 e. The van der Waals surface area contributed by atoms with Crippen LogP contribution in [0.15, 0.2) is 45.6 Å².